The standard InChI is InChI=1S/C26H24P.Zr/c1-17-16-19-12-15-22-23(18-10-13-20(14-11-18)26(2,3)4)24(19)25(17)27(22)21-8-6-5-7-9-21;/h5-16H,1-4H3;/q-1;. The molecule has 0 saturated carbocycles. The fraction of sp³-hybridized carbons (Fsp3) is 0.192. The molecule has 28 heavy (non-hydrogen) atoms. The van der Waals surface area contributed by atoms with E-state index >= 15 is 0 Å². The van der Waals surface area contributed by atoms with Gasteiger partial charge in [0, 0.05) is 26.2 Å². The van der Waals surface area contributed by atoms with Crippen LogP contribution in [0, 0.1) is 6.92 Å². The molecule has 5 rings (SSSR count). The van der Waals surface area contributed by atoms with Crippen molar-refractivity contribution in [2.24, 2.45) is 0 Å². The molecule has 0 amide bonds. The minimum Gasteiger partial charge on any atom is -0.148 e. The Morgan fingerprint density at radius 2 is 1.50 bits per heavy atom. The molecule has 1 heterocycles. The summed E-state index contributed by atoms with van der Waals surface area (Å²) in [6.45, 7) is 9.11. The van der Waals surface area contributed by atoms with Gasteiger partial charge in [-0.05, 0) is 27.0 Å². The van der Waals surface area contributed by atoms with Gasteiger partial charge in [-0.15, -0.1) is 41.1 Å². The van der Waals surface area contributed by atoms with Gasteiger partial charge in [-0.3, -0.25) is 0 Å². The molecule has 2 heteroatoms. The van der Waals surface area contributed by atoms with Gasteiger partial charge in [0.15, 0.2) is 0 Å². The first-order chi connectivity index (χ1) is 12.9. The van der Waals surface area contributed by atoms with Crippen LogP contribution in [0.1, 0.15) is 31.9 Å². The summed E-state index contributed by atoms with van der Waals surface area (Å²) >= 11 is 0. The maximum absolute atomic E-state index is 2.38. The molecule has 5 aromatic rings. The Labute approximate surface area is 187 Å². The molecule has 4 aromatic carbocycles. The Bertz CT molecular complexity index is 1230. The number of benzene rings is 3. The summed E-state index contributed by atoms with van der Waals surface area (Å²) < 4.78 is 0. The first-order valence-corrected chi connectivity index (χ1v) is 11.0. The molecule has 0 N–H and O–H groups in total. The van der Waals surface area contributed by atoms with Crippen molar-refractivity contribution in [2.45, 2.75) is 33.1 Å². The molecule has 138 valence electrons. The van der Waals surface area contributed by atoms with Crippen LogP contribution in [-0.2, 0) is 31.6 Å². The fourth-order valence-corrected chi connectivity index (χ4v) is 7.17. The predicted molar refractivity (Wildman–Crippen MR) is 121 cm³/mol. The second-order valence-corrected chi connectivity index (χ2v) is 10.7. The molecule has 0 nitrogen and oxygen atoms in total. The van der Waals surface area contributed by atoms with E-state index in [0.717, 1.165) is 0 Å². The van der Waals surface area contributed by atoms with Crippen molar-refractivity contribution < 1.29 is 26.2 Å². The van der Waals surface area contributed by atoms with Crippen LogP contribution in [0.4, 0.5) is 0 Å². The second-order valence-electron chi connectivity index (χ2n) is 8.60. The van der Waals surface area contributed by atoms with E-state index in [1.807, 2.05) is 0 Å². The van der Waals surface area contributed by atoms with Crippen LogP contribution in [0.5, 0.6) is 0 Å². The molecule has 0 aliphatic rings. The minimum atomic E-state index is -0.452. The average Bonchev–Trinajstić information content (AvgIpc) is 3.10. The van der Waals surface area contributed by atoms with Crippen molar-refractivity contribution in [2.75, 3.05) is 0 Å². The molecule has 0 saturated heterocycles. The van der Waals surface area contributed by atoms with Crippen LogP contribution >= 0.6 is 7.53 Å². The number of aryl methyl sites for hydroxylation is 1. The van der Waals surface area contributed by atoms with Crippen molar-refractivity contribution in [3.05, 3.63) is 83.9 Å². The Morgan fingerprint density at radius 1 is 0.821 bits per heavy atom. The number of hydrogen-bond acceptors (Lipinski definition) is 0. The van der Waals surface area contributed by atoms with Crippen LogP contribution < -0.4 is 0 Å². The Hall–Kier alpha value is -1.55. The van der Waals surface area contributed by atoms with Crippen molar-refractivity contribution in [3.63, 3.8) is 0 Å². The monoisotopic (exact) mass is 457 g/mol. The maximum Gasteiger partial charge on any atom is 0 e. The molecular formula is C26H24PZr-. The summed E-state index contributed by atoms with van der Waals surface area (Å²) in [5.41, 5.74) is 5.84. The zero-order chi connectivity index (χ0) is 18.8. The van der Waals surface area contributed by atoms with Gasteiger partial charge < -0.3 is 0 Å². The van der Waals surface area contributed by atoms with Crippen LogP contribution in [-0.4, -0.2) is 0 Å². The largest absolute Gasteiger partial charge is 0.148 e. The third-order valence-electron chi connectivity index (χ3n) is 5.72. The average molecular weight is 459 g/mol. The molecule has 0 fully saturated rings. The number of fused-ring (bicyclic) bond motifs is 1. The van der Waals surface area contributed by atoms with E-state index < -0.39 is 7.53 Å². The Morgan fingerprint density at radius 3 is 2.14 bits per heavy atom. The van der Waals surface area contributed by atoms with Crippen LogP contribution in [0.2, 0.25) is 0 Å². The molecule has 0 radical (unpaired) electrons. The molecule has 0 aliphatic carbocycles. The van der Waals surface area contributed by atoms with E-state index in [9.17, 15) is 0 Å². The van der Waals surface area contributed by atoms with Crippen molar-refractivity contribution in [1.29, 1.82) is 0 Å². The van der Waals surface area contributed by atoms with Crippen LogP contribution in [0.3, 0.4) is 0 Å². The number of rotatable bonds is 2. The van der Waals surface area contributed by atoms with Gasteiger partial charge in [0.25, 0.3) is 0 Å². The van der Waals surface area contributed by atoms with Gasteiger partial charge in [0.1, 0.15) is 0 Å². The van der Waals surface area contributed by atoms with E-state index in [-0.39, 0.29) is 31.6 Å². The van der Waals surface area contributed by atoms with E-state index in [2.05, 4.69) is 100 Å². The van der Waals surface area contributed by atoms with Gasteiger partial charge in [0.2, 0.25) is 0 Å². The predicted octanol–water partition coefficient (Wildman–Crippen LogP) is 8.40. The zero-order valence-corrected chi connectivity index (χ0v) is 20.2. The first-order valence-electron chi connectivity index (χ1n) is 9.64. The summed E-state index contributed by atoms with van der Waals surface area (Å²) in [7, 11) is -0.452. The molecular weight excluding hydrogens is 434 g/mol. The van der Waals surface area contributed by atoms with Gasteiger partial charge in [-0.2, -0.15) is 0 Å². The summed E-state index contributed by atoms with van der Waals surface area (Å²) in [6, 6.07) is 27.4. The van der Waals surface area contributed by atoms with E-state index in [0.29, 0.717) is 0 Å². The fourth-order valence-electron chi connectivity index (χ4n) is 4.35. The van der Waals surface area contributed by atoms with Crippen LogP contribution in [0.15, 0.2) is 72.8 Å². The Balaban J connectivity index is 0.00000192. The molecule has 0 spiro atoms. The molecule has 1 unspecified atom stereocenters. The smallest absolute Gasteiger partial charge is 0 e. The quantitative estimate of drug-likeness (QED) is 0.233. The molecule has 1 aromatic heterocycles. The van der Waals surface area contributed by atoms with E-state index in [1.54, 1.807) is 5.12 Å². The normalized spacial score (nSPS) is 12.6. The van der Waals surface area contributed by atoms with Crippen LogP contribution in [0.25, 0.3) is 37.4 Å². The summed E-state index contributed by atoms with van der Waals surface area (Å²) in [4.78, 5) is 0. The molecule has 1 atom stereocenters. The molecule has 2 bridgehead atoms. The van der Waals surface area contributed by atoms with E-state index in [4.69, 9.17) is 0 Å². The van der Waals surface area contributed by atoms with Crippen molar-refractivity contribution >= 4 is 28.5 Å². The SMILES string of the molecule is Cc1[cH-]c2ccc3c(-c4ccc(C(C)(C)C)cc4)c2c1p3-c1ccccc1.[Zr]. The number of hydrogen-bond donors (Lipinski definition) is 0. The topological polar surface area (TPSA) is 0 Å². The Kier molecular flexibility index (Phi) is 4.98. The van der Waals surface area contributed by atoms with Gasteiger partial charge in [-0.1, -0.05) is 93.9 Å². The first kappa shape index (κ1) is 19.8. The molecule has 0 aliphatic heterocycles. The van der Waals surface area contributed by atoms with Crippen molar-refractivity contribution in [1.82, 2.24) is 0 Å². The third kappa shape index (κ3) is 2.96. The summed E-state index contributed by atoms with van der Waals surface area (Å²) in [6.07, 6.45) is 0. The minimum absolute atomic E-state index is 0. The van der Waals surface area contributed by atoms with Gasteiger partial charge in [0.05, 0.1) is 0 Å². The maximum atomic E-state index is 2.38. The second kappa shape index (κ2) is 7.05. The van der Waals surface area contributed by atoms with E-state index in [1.165, 1.54) is 43.4 Å². The van der Waals surface area contributed by atoms with Gasteiger partial charge >= 0.3 is 0 Å². The van der Waals surface area contributed by atoms with Crippen molar-refractivity contribution in [3.8, 4) is 16.4 Å². The van der Waals surface area contributed by atoms with Gasteiger partial charge in [-0.25, -0.2) is 0 Å². The summed E-state index contributed by atoms with van der Waals surface area (Å²) in [5.74, 6) is 0. The third-order valence-corrected chi connectivity index (χ3v) is 8.41. The zero-order valence-electron chi connectivity index (χ0n) is 16.9. The summed E-state index contributed by atoms with van der Waals surface area (Å²) in [5, 5.41) is 7.42.